The molecule has 0 aliphatic carbocycles. The normalized spacial score (nSPS) is 16.3. The van der Waals surface area contributed by atoms with Crippen LogP contribution in [0.15, 0.2) is 48.5 Å². The van der Waals surface area contributed by atoms with E-state index >= 15 is 0 Å². The first-order chi connectivity index (χ1) is 11.0. The number of carbonyl (C=O) groups excluding carboxylic acids is 2. The minimum absolute atomic E-state index is 0.0218. The van der Waals surface area contributed by atoms with Crippen molar-refractivity contribution in [3.8, 4) is 0 Å². The fourth-order valence-corrected chi connectivity index (χ4v) is 2.90. The highest BCUT2D eigenvalue weighted by atomic mass is 16.6. The second-order valence-electron chi connectivity index (χ2n) is 5.46. The molecule has 2 aromatic rings. The van der Waals surface area contributed by atoms with Crippen molar-refractivity contribution >= 4 is 23.1 Å². The summed E-state index contributed by atoms with van der Waals surface area (Å²) < 4.78 is 0. The number of hydrogen-bond acceptors (Lipinski definition) is 4. The molecule has 6 nitrogen and oxygen atoms in total. The van der Waals surface area contributed by atoms with Gasteiger partial charge in [0.15, 0.2) is 0 Å². The third-order valence-corrected chi connectivity index (χ3v) is 3.90. The number of nitro benzene ring substituents is 1. The molecule has 0 fully saturated rings. The maximum absolute atomic E-state index is 12.7. The molecule has 0 aromatic heterocycles. The van der Waals surface area contributed by atoms with Crippen LogP contribution in [0.4, 0.5) is 11.4 Å². The van der Waals surface area contributed by atoms with Crippen LogP contribution in [0.1, 0.15) is 35.3 Å². The van der Waals surface area contributed by atoms with Crippen molar-refractivity contribution < 1.29 is 14.5 Å². The Labute approximate surface area is 132 Å². The SMILES string of the molecule is CC(=O)CC1c2ccccc2C(=O)N1c1ccc([N+](=O)[O-])cc1. The van der Waals surface area contributed by atoms with E-state index < -0.39 is 4.92 Å². The zero-order valence-electron chi connectivity index (χ0n) is 12.4. The van der Waals surface area contributed by atoms with Gasteiger partial charge in [-0.3, -0.25) is 19.7 Å². The summed E-state index contributed by atoms with van der Waals surface area (Å²) in [5.41, 5.74) is 1.88. The third kappa shape index (κ3) is 2.59. The van der Waals surface area contributed by atoms with Crippen LogP contribution < -0.4 is 4.90 Å². The molecule has 0 N–H and O–H groups in total. The lowest BCUT2D eigenvalue weighted by atomic mass is 10.0. The fourth-order valence-electron chi connectivity index (χ4n) is 2.90. The van der Waals surface area contributed by atoms with Gasteiger partial charge in [0.25, 0.3) is 11.6 Å². The van der Waals surface area contributed by atoms with E-state index in [1.165, 1.54) is 36.1 Å². The van der Waals surface area contributed by atoms with Crippen molar-refractivity contribution in [3.05, 3.63) is 69.8 Å². The molecule has 1 atom stereocenters. The number of ketones is 1. The van der Waals surface area contributed by atoms with Crippen LogP contribution in [0.25, 0.3) is 0 Å². The summed E-state index contributed by atoms with van der Waals surface area (Å²) in [7, 11) is 0. The first-order valence-electron chi connectivity index (χ1n) is 7.15. The zero-order chi connectivity index (χ0) is 16.6. The van der Waals surface area contributed by atoms with E-state index in [-0.39, 0.29) is 29.8 Å². The summed E-state index contributed by atoms with van der Waals surface area (Å²) in [6.07, 6.45) is 0.208. The van der Waals surface area contributed by atoms with Crippen LogP contribution in [0.5, 0.6) is 0 Å². The molecular weight excluding hydrogens is 296 g/mol. The van der Waals surface area contributed by atoms with Gasteiger partial charge in [0.05, 0.1) is 11.0 Å². The molecule has 0 saturated heterocycles. The van der Waals surface area contributed by atoms with Gasteiger partial charge in [0.1, 0.15) is 5.78 Å². The van der Waals surface area contributed by atoms with Gasteiger partial charge < -0.3 is 4.90 Å². The Morgan fingerprint density at radius 3 is 2.43 bits per heavy atom. The maximum atomic E-state index is 12.7. The van der Waals surface area contributed by atoms with E-state index in [0.717, 1.165) is 5.56 Å². The highest BCUT2D eigenvalue weighted by molar-refractivity contribution is 6.11. The van der Waals surface area contributed by atoms with Gasteiger partial charge in [-0.25, -0.2) is 0 Å². The molecule has 1 aliphatic rings. The van der Waals surface area contributed by atoms with E-state index in [2.05, 4.69) is 0 Å². The second kappa shape index (κ2) is 5.64. The third-order valence-electron chi connectivity index (χ3n) is 3.90. The van der Waals surface area contributed by atoms with Gasteiger partial charge in [-0.15, -0.1) is 0 Å². The maximum Gasteiger partial charge on any atom is 0.269 e. The van der Waals surface area contributed by atoms with E-state index in [4.69, 9.17) is 0 Å². The van der Waals surface area contributed by atoms with Crippen LogP contribution in [0.3, 0.4) is 0 Å². The molecule has 1 amide bonds. The molecule has 3 rings (SSSR count). The molecule has 23 heavy (non-hydrogen) atoms. The highest BCUT2D eigenvalue weighted by Crippen LogP contribution is 2.39. The average molecular weight is 310 g/mol. The number of nitrogens with zero attached hydrogens (tertiary/aromatic N) is 2. The standard InChI is InChI=1S/C17H14N2O4/c1-11(20)10-16-14-4-2-3-5-15(14)17(21)18(16)12-6-8-13(9-7-12)19(22)23/h2-9,16H,10H2,1H3. The van der Waals surface area contributed by atoms with Crippen molar-refractivity contribution in [2.24, 2.45) is 0 Å². The molecule has 6 heteroatoms. The van der Waals surface area contributed by atoms with Crippen LogP contribution in [0.2, 0.25) is 0 Å². The summed E-state index contributed by atoms with van der Waals surface area (Å²) >= 11 is 0. The Bertz CT molecular complexity index is 798. The molecule has 1 heterocycles. The Morgan fingerprint density at radius 1 is 1.17 bits per heavy atom. The summed E-state index contributed by atoms with van der Waals surface area (Å²) in [4.78, 5) is 36.1. The minimum Gasteiger partial charge on any atom is -0.300 e. The summed E-state index contributed by atoms with van der Waals surface area (Å²) in [5.74, 6) is -0.216. The Hall–Kier alpha value is -3.02. The Morgan fingerprint density at radius 2 is 1.83 bits per heavy atom. The minimum atomic E-state index is -0.489. The smallest absolute Gasteiger partial charge is 0.269 e. The molecule has 0 bridgehead atoms. The van der Waals surface area contributed by atoms with E-state index in [0.29, 0.717) is 11.3 Å². The molecular formula is C17H14N2O4. The van der Waals surface area contributed by atoms with Gasteiger partial charge >= 0.3 is 0 Å². The van der Waals surface area contributed by atoms with E-state index in [1.54, 1.807) is 12.1 Å². The number of anilines is 1. The van der Waals surface area contributed by atoms with Gasteiger partial charge in [0.2, 0.25) is 0 Å². The van der Waals surface area contributed by atoms with Crippen LogP contribution in [0, 0.1) is 10.1 Å². The number of hydrogen-bond donors (Lipinski definition) is 0. The predicted octanol–water partition coefficient (Wildman–Crippen LogP) is 3.28. The highest BCUT2D eigenvalue weighted by Gasteiger charge is 2.37. The largest absolute Gasteiger partial charge is 0.300 e. The Kier molecular flexibility index (Phi) is 3.65. The van der Waals surface area contributed by atoms with Crippen molar-refractivity contribution in [1.29, 1.82) is 0 Å². The summed E-state index contributed by atoms with van der Waals surface area (Å²) in [6.45, 7) is 1.49. The van der Waals surface area contributed by atoms with Crippen molar-refractivity contribution in [1.82, 2.24) is 0 Å². The monoisotopic (exact) mass is 310 g/mol. The number of rotatable bonds is 4. The van der Waals surface area contributed by atoms with E-state index in [1.807, 2.05) is 12.1 Å². The molecule has 1 unspecified atom stereocenters. The van der Waals surface area contributed by atoms with Gasteiger partial charge in [-0.2, -0.15) is 0 Å². The number of non-ortho nitro benzene ring substituents is 1. The number of Topliss-reactive ketones (excluding diaryl/α,β-unsaturated/α-hetero) is 1. The molecule has 0 radical (unpaired) electrons. The lowest BCUT2D eigenvalue weighted by Crippen LogP contribution is -2.28. The zero-order valence-corrected chi connectivity index (χ0v) is 12.4. The lowest BCUT2D eigenvalue weighted by Gasteiger charge is -2.24. The Balaban J connectivity index is 2.04. The van der Waals surface area contributed by atoms with Crippen molar-refractivity contribution in [2.45, 2.75) is 19.4 Å². The first kappa shape index (κ1) is 14.9. The van der Waals surface area contributed by atoms with Crippen LogP contribution in [-0.4, -0.2) is 16.6 Å². The fraction of sp³-hybridized carbons (Fsp3) is 0.176. The molecule has 0 spiro atoms. The lowest BCUT2D eigenvalue weighted by molar-refractivity contribution is -0.384. The first-order valence-corrected chi connectivity index (χ1v) is 7.15. The topological polar surface area (TPSA) is 80.5 Å². The summed E-state index contributed by atoms with van der Waals surface area (Å²) in [5, 5.41) is 10.8. The molecule has 116 valence electrons. The number of fused-ring (bicyclic) bond motifs is 1. The summed E-state index contributed by atoms with van der Waals surface area (Å²) in [6, 6.07) is 12.6. The second-order valence-corrected chi connectivity index (χ2v) is 5.46. The van der Waals surface area contributed by atoms with Gasteiger partial charge in [0, 0.05) is 29.8 Å². The number of nitro groups is 1. The predicted molar refractivity (Wildman–Crippen MR) is 84.4 cm³/mol. The average Bonchev–Trinajstić information content (AvgIpc) is 2.80. The number of carbonyl (C=O) groups is 2. The quantitative estimate of drug-likeness (QED) is 0.641. The van der Waals surface area contributed by atoms with Crippen molar-refractivity contribution in [2.75, 3.05) is 4.90 Å². The molecule has 1 aliphatic heterocycles. The van der Waals surface area contributed by atoms with E-state index in [9.17, 15) is 19.7 Å². The van der Waals surface area contributed by atoms with Crippen LogP contribution >= 0.6 is 0 Å². The number of amides is 1. The van der Waals surface area contributed by atoms with Crippen molar-refractivity contribution in [3.63, 3.8) is 0 Å². The van der Waals surface area contributed by atoms with Crippen LogP contribution in [-0.2, 0) is 4.79 Å². The molecule has 0 saturated carbocycles. The van der Waals surface area contributed by atoms with Gasteiger partial charge in [-0.1, -0.05) is 18.2 Å². The van der Waals surface area contributed by atoms with Gasteiger partial charge in [-0.05, 0) is 30.7 Å². The molecule has 2 aromatic carbocycles. The number of benzene rings is 2.